The molecule has 0 amide bonds. The van der Waals surface area contributed by atoms with Crippen molar-refractivity contribution < 1.29 is 5.11 Å². The molecule has 0 aliphatic carbocycles. The van der Waals surface area contributed by atoms with Crippen LogP contribution in [0.5, 0.6) is 0 Å². The number of rotatable bonds is 8. The second-order valence-electron chi connectivity index (χ2n) is 6.59. The maximum absolute atomic E-state index is 9.47. The molecule has 3 rings (SSSR count). The number of nitrogens with one attached hydrogen (secondary N) is 2. The average Bonchev–Trinajstić information content (AvgIpc) is 3.09. The molecule has 3 N–H and O–H groups in total. The fourth-order valence-electron chi connectivity index (χ4n) is 2.74. The summed E-state index contributed by atoms with van der Waals surface area (Å²) in [6, 6.07) is 10.3. The highest BCUT2D eigenvalue weighted by atomic mass is 16.3. The third-order valence-corrected chi connectivity index (χ3v) is 4.29. The lowest BCUT2D eigenvalue weighted by molar-refractivity contribution is 0.271. The second kappa shape index (κ2) is 8.14. The highest BCUT2D eigenvalue weighted by Gasteiger charge is 2.16. The van der Waals surface area contributed by atoms with Crippen molar-refractivity contribution in [3.05, 3.63) is 42.1 Å². The van der Waals surface area contributed by atoms with Crippen LogP contribution in [-0.2, 0) is 6.54 Å². The fraction of sp³-hybridized carbons (Fsp3) is 0.421. The Balaban J connectivity index is 1.96. The van der Waals surface area contributed by atoms with E-state index in [1.54, 1.807) is 6.20 Å². The average molecular weight is 354 g/mol. The zero-order valence-electron chi connectivity index (χ0n) is 15.5. The number of benzene rings is 1. The van der Waals surface area contributed by atoms with E-state index < -0.39 is 0 Å². The monoisotopic (exact) mass is 354 g/mol. The van der Waals surface area contributed by atoms with Crippen molar-refractivity contribution in [2.45, 2.75) is 45.8 Å². The lowest BCUT2D eigenvalue weighted by atomic mass is 10.2. The number of anilines is 2. The van der Waals surface area contributed by atoms with E-state index in [4.69, 9.17) is 0 Å². The predicted octanol–water partition coefficient (Wildman–Crippen LogP) is 3.20. The minimum atomic E-state index is -0.0788. The van der Waals surface area contributed by atoms with E-state index >= 15 is 0 Å². The number of aromatic nitrogens is 4. The van der Waals surface area contributed by atoms with Crippen molar-refractivity contribution in [3.63, 3.8) is 0 Å². The second-order valence-corrected chi connectivity index (χ2v) is 6.59. The summed E-state index contributed by atoms with van der Waals surface area (Å²) in [4.78, 5) is 9.26. The maximum atomic E-state index is 9.47. The van der Waals surface area contributed by atoms with E-state index in [-0.39, 0.29) is 18.7 Å². The Bertz CT molecular complexity index is 842. The summed E-state index contributed by atoms with van der Waals surface area (Å²) >= 11 is 0. The lowest BCUT2D eigenvalue weighted by Gasteiger charge is -2.16. The third kappa shape index (κ3) is 3.94. The molecule has 2 aromatic heterocycles. The Kier molecular flexibility index (Phi) is 5.68. The summed E-state index contributed by atoms with van der Waals surface area (Å²) in [5.41, 5.74) is 1.95. The molecule has 0 aliphatic heterocycles. The maximum Gasteiger partial charge on any atom is 0.227 e. The Morgan fingerprint density at radius 1 is 1.15 bits per heavy atom. The third-order valence-electron chi connectivity index (χ3n) is 4.29. The SMILES string of the molecule is CC[C@H](CO)Nc1nc(NCc2ccccc2)c2cnn(C(C)C)c2n1. The number of aliphatic hydroxyl groups excluding tert-OH is 1. The molecular formula is C19H26N6O. The largest absolute Gasteiger partial charge is 0.394 e. The smallest absolute Gasteiger partial charge is 0.227 e. The molecule has 0 fully saturated rings. The number of hydrogen-bond donors (Lipinski definition) is 3. The molecular weight excluding hydrogens is 328 g/mol. The van der Waals surface area contributed by atoms with Gasteiger partial charge in [-0.15, -0.1) is 0 Å². The molecule has 7 nitrogen and oxygen atoms in total. The van der Waals surface area contributed by atoms with Crippen molar-refractivity contribution in [3.8, 4) is 0 Å². The molecule has 3 aromatic rings. The van der Waals surface area contributed by atoms with E-state index in [1.165, 1.54) is 5.56 Å². The molecule has 1 atom stereocenters. The van der Waals surface area contributed by atoms with Gasteiger partial charge in [-0.2, -0.15) is 15.1 Å². The van der Waals surface area contributed by atoms with Gasteiger partial charge in [0.25, 0.3) is 0 Å². The van der Waals surface area contributed by atoms with Gasteiger partial charge < -0.3 is 15.7 Å². The summed E-state index contributed by atoms with van der Waals surface area (Å²) < 4.78 is 1.88. The molecule has 0 unspecified atom stereocenters. The van der Waals surface area contributed by atoms with Gasteiger partial charge in [0.05, 0.1) is 24.2 Å². The topological polar surface area (TPSA) is 87.9 Å². The van der Waals surface area contributed by atoms with Gasteiger partial charge >= 0.3 is 0 Å². The predicted molar refractivity (Wildman–Crippen MR) is 104 cm³/mol. The molecule has 0 saturated carbocycles. The van der Waals surface area contributed by atoms with Gasteiger partial charge in [-0.05, 0) is 25.8 Å². The molecule has 0 saturated heterocycles. The standard InChI is InChI=1S/C19H26N6O/c1-4-15(12-26)22-19-23-17(20-10-14-8-6-5-7-9-14)16-11-21-25(13(2)3)18(16)24-19/h5-9,11,13,15,26H,4,10,12H2,1-3H3,(H2,20,22,23,24)/t15-/m1/s1. The van der Waals surface area contributed by atoms with Gasteiger partial charge in [-0.25, -0.2) is 4.68 Å². The van der Waals surface area contributed by atoms with Crippen molar-refractivity contribution in [2.24, 2.45) is 0 Å². The van der Waals surface area contributed by atoms with Crippen molar-refractivity contribution in [1.29, 1.82) is 0 Å². The van der Waals surface area contributed by atoms with Crippen LogP contribution in [0, 0.1) is 0 Å². The zero-order chi connectivity index (χ0) is 18.5. The Morgan fingerprint density at radius 3 is 2.58 bits per heavy atom. The highest BCUT2D eigenvalue weighted by Crippen LogP contribution is 2.25. The van der Waals surface area contributed by atoms with E-state index in [0.29, 0.717) is 12.5 Å². The van der Waals surface area contributed by atoms with Crippen LogP contribution < -0.4 is 10.6 Å². The van der Waals surface area contributed by atoms with Gasteiger partial charge in [0, 0.05) is 12.6 Å². The number of aliphatic hydroxyl groups is 1. The number of hydrogen-bond acceptors (Lipinski definition) is 6. The summed E-state index contributed by atoms with van der Waals surface area (Å²) in [5.74, 6) is 1.23. The molecule has 26 heavy (non-hydrogen) atoms. The molecule has 1 aromatic carbocycles. The summed E-state index contributed by atoms with van der Waals surface area (Å²) in [6.07, 6.45) is 2.59. The quantitative estimate of drug-likeness (QED) is 0.576. The lowest BCUT2D eigenvalue weighted by Crippen LogP contribution is -2.24. The van der Waals surface area contributed by atoms with Crippen molar-refractivity contribution in [2.75, 3.05) is 17.2 Å². The molecule has 0 spiro atoms. The number of fused-ring (bicyclic) bond motifs is 1. The summed E-state index contributed by atoms with van der Waals surface area (Å²) in [6.45, 7) is 6.85. The van der Waals surface area contributed by atoms with Crippen LogP contribution >= 0.6 is 0 Å². The molecule has 2 heterocycles. The van der Waals surface area contributed by atoms with E-state index in [0.717, 1.165) is 23.3 Å². The molecule has 0 bridgehead atoms. The van der Waals surface area contributed by atoms with Crippen molar-refractivity contribution >= 4 is 22.8 Å². The van der Waals surface area contributed by atoms with Crippen LogP contribution in [0.25, 0.3) is 11.0 Å². The summed E-state index contributed by atoms with van der Waals surface area (Å²) in [7, 11) is 0. The summed E-state index contributed by atoms with van der Waals surface area (Å²) in [5, 5.41) is 21.4. The van der Waals surface area contributed by atoms with Gasteiger partial charge in [0.15, 0.2) is 5.65 Å². The van der Waals surface area contributed by atoms with Crippen LogP contribution in [0.2, 0.25) is 0 Å². The minimum Gasteiger partial charge on any atom is -0.394 e. The van der Waals surface area contributed by atoms with Crippen LogP contribution in [-0.4, -0.2) is 37.5 Å². The van der Waals surface area contributed by atoms with Gasteiger partial charge in [0.2, 0.25) is 5.95 Å². The highest BCUT2D eigenvalue weighted by molar-refractivity contribution is 5.87. The Hall–Kier alpha value is -2.67. The molecule has 7 heteroatoms. The van der Waals surface area contributed by atoms with Crippen LogP contribution in [0.1, 0.15) is 38.8 Å². The zero-order valence-corrected chi connectivity index (χ0v) is 15.5. The molecule has 0 aliphatic rings. The van der Waals surface area contributed by atoms with Crippen LogP contribution in [0.15, 0.2) is 36.5 Å². The van der Waals surface area contributed by atoms with Crippen LogP contribution in [0.3, 0.4) is 0 Å². The first kappa shape index (κ1) is 18.1. The first-order valence-electron chi connectivity index (χ1n) is 9.02. The van der Waals surface area contributed by atoms with Crippen LogP contribution in [0.4, 0.5) is 11.8 Å². The van der Waals surface area contributed by atoms with Gasteiger partial charge in [0.1, 0.15) is 5.82 Å². The Morgan fingerprint density at radius 2 is 1.92 bits per heavy atom. The first-order chi connectivity index (χ1) is 12.6. The molecule has 138 valence electrons. The number of nitrogens with zero attached hydrogens (tertiary/aromatic N) is 4. The molecule has 0 radical (unpaired) electrons. The minimum absolute atomic E-state index is 0.0358. The van der Waals surface area contributed by atoms with E-state index in [2.05, 4.69) is 51.7 Å². The normalized spacial score (nSPS) is 12.5. The van der Waals surface area contributed by atoms with E-state index in [9.17, 15) is 5.11 Å². The van der Waals surface area contributed by atoms with Gasteiger partial charge in [-0.3, -0.25) is 0 Å². The van der Waals surface area contributed by atoms with Crippen molar-refractivity contribution in [1.82, 2.24) is 19.7 Å². The van der Waals surface area contributed by atoms with Gasteiger partial charge in [-0.1, -0.05) is 37.3 Å². The Labute approximate surface area is 153 Å². The first-order valence-corrected chi connectivity index (χ1v) is 9.02. The van der Waals surface area contributed by atoms with E-state index in [1.807, 2.05) is 29.8 Å². The fourth-order valence-corrected chi connectivity index (χ4v) is 2.74.